The van der Waals surface area contributed by atoms with Crippen LogP contribution >= 0.6 is 0 Å². The number of carboxylic acid groups (broad SMARTS) is 1. The second-order valence-electron chi connectivity index (χ2n) is 4.55. The summed E-state index contributed by atoms with van der Waals surface area (Å²) < 4.78 is 3.02. The molecule has 0 radical (unpaired) electrons. The molecule has 3 rings (SSSR count). The topological polar surface area (TPSA) is 110 Å². The predicted molar refractivity (Wildman–Crippen MR) is 72.7 cm³/mol. The Balaban J connectivity index is 1.74. The van der Waals surface area contributed by atoms with Crippen molar-refractivity contribution in [3.05, 3.63) is 36.0 Å². The summed E-state index contributed by atoms with van der Waals surface area (Å²) in [4.78, 5) is 14.9. The first-order chi connectivity index (χ1) is 10.1. The largest absolute Gasteiger partial charge is 0.480 e. The van der Waals surface area contributed by atoms with E-state index in [0.717, 1.165) is 11.2 Å². The zero-order valence-electron chi connectivity index (χ0n) is 11.3. The van der Waals surface area contributed by atoms with E-state index >= 15 is 0 Å². The van der Waals surface area contributed by atoms with E-state index in [0.29, 0.717) is 18.1 Å². The van der Waals surface area contributed by atoms with Crippen LogP contribution in [-0.4, -0.2) is 40.7 Å². The maximum Gasteiger partial charge on any atom is 0.325 e. The summed E-state index contributed by atoms with van der Waals surface area (Å²) in [5.74, 6) is -0.272. The van der Waals surface area contributed by atoms with Crippen molar-refractivity contribution in [1.82, 2.24) is 29.6 Å². The minimum atomic E-state index is -0.958. The average molecular weight is 287 g/mol. The van der Waals surface area contributed by atoms with Crippen LogP contribution in [0.25, 0.3) is 5.52 Å². The second-order valence-corrected chi connectivity index (χ2v) is 4.55. The molecule has 3 heterocycles. The molecule has 0 saturated carbocycles. The summed E-state index contributed by atoms with van der Waals surface area (Å²) in [5.41, 5.74) is 2.41. The third kappa shape index (κ3) is 2.81. The number of carbonyl (C=O) groups is 1. The number of aliphatic carboxylic acids is 1. The molecule has 21 heavy (non-hydrogen) atoms. The van der Waals surface area contributed by atoms with Gasteiger partial charge in [-0.2, -0.15) is 5.10 Å². The van der Waals surface area contributed by atoms with Crippen molar-refractivity contribution in [3.8, 4) is 0 Å². The molecule has 3 aromatic heterocycles. The van der Waals surface area contributed by atoms with Gasteiger partial charge in [-0.3, -0.25) is 4.79 Å². The Bertz CT molecular complexity index is 792. The summed E-state index contributed by atoms with van der Waals surface area (Å²) in [7, 11) is 0. The van der Waals surface area contributed by atoms with Crippen LogP contribution in [0.4, 0.5) is 5.82 Å². The van der Waals surface area contributed by atoms with Gasteiger partial charge >= 0.3 is 5.97 Å². The number of fused-ring (bicyclic) bond motifs is 1. The smallest absolute Gasteiger partial charge is 0.325 e. The predicted octanol–water partition coefficient (Wildman–Crippen LogP) is 0.326. The molecule has 9 nitrogen and oxygen atoms in total. The van der Waals surface area contributed by atoms with Crippen LogP contribution < -0.4 is 5.32 Å². The van der Waals surface area contributed by atoms with E-state index in [1.807, 2.05) is 13.0 Å². The molecule has 0 unspecified atom stereocenters. The molecule has 2 N–H and O–H groups in total. The maximum absolute atomic E-state index is 10.6. The number of rotatable bonds is 5. The molecule has 0 aromatic carbocycles. The van der Waals surface area contributed by atoms with Gasteiger partial charge in [0.2, 0.25) is 0 Å². The monoisotopic (exact) mass is 287 g/mol. The van der Waals surface area contributed by atoms with Gasteiger partial charge in [-0.05, 0) is 13.0 Å². The fourth-order valence-corrected chi connectivity index (χ4v) is 1.99. The van der Waals surface area contributed by atoms with Crippen molar-refractivity contribution in [2.24, 2.45) is 0 Å². The van der Waals surface area contributed by atoms with Gasteiger partial charge in [0, 0.05) is 12.4 Å². The lowest BCUT2D eigenvalue weighted by molar-refractivity contribution is -0.137. The molecule has 0 aliphatic carbocycles. The molecular formula is C12H13N7O2. The first kappa shape index (κ1) is 13.0. The van der Waals surface area contributed by atoms with Gasteiger partial charge in [0.1, 0.15) is 17.8 Å². The van der Waals surface area contributed by atoms with E-state index in [1.165, 1.54) is 4.68 Å². The van der Waals surface area contributed by atoms with E-state index in [9.17, 15) is 4.79 Å². The molecule has 9 heteroatoms. The highest BCUT2D eigenvalue weighted by Crippen LogP contribution is 2.15. The second kappa shape index (κ2) is 5.19. The first-order valence-corrected chi connectivity index (χ1v) is 6.27. The molecular weight excluding hydrogens is 274 g/mol. The highest BCUT2D eigenvalue weighted by Gasteiger charge is 2.07. The number of nitrogens with zero attached hydrogens (tertiary/aromatic N) is 6. The lowest BCUT2D eigenvalue weighted by Gasteiger charge is -2.04. The molecule has 3 aromatic rings. The summed E-state index contributed by atoms with van der Waals surface area (Å²) in [6.07, 6.45) is 5.02. The van der Waals surface area contributed by atoms with Gasteiger partial charge in [0.15, 0.2) is 5.82 Å². The lowest BCUT2D eigenvalue weighted by atomic mass is 10.4. The van der Waals surface area contributed by atoms with Crippen molar-refractivity contribution < 1.29 is 9.90 Å². The van der Waals surface area contributed by atoms with Gasteiger partial charge in [-0.25, -0.2) is 14.2 Å². The minimum absolute atomic E-state index is 0.206. The van der Waals surface area contributed by atoms with Gasteiger partial charge < -0.3 is 10.4 Å². The van der Waals surface area contributed by atoms with Gasteiger partial charge in [0.25, 0.3) is 0 Å². The van der Waals surface area contributed by atoms with Crippen LogP contribution in [0.3, 0.4) is 0 Å². The molecule has 0 aliphatic heterocycles. The zero-order valence-corrected chi connectivity index (χ0v) is 11.3. The summed E-state index contributed by atoms with van der Waals surface area (Å²) in [5, 5.41) is 23.8. The number of aryl methyl sites for hydroxylation is 1. The molecule has 0 atom stereocenters. The number of carboxylic acids is 1. The highest BCUT2D eigenvalue weighted by atomic mass is 16.4. The van der Waals surface area contributed by atoms with Gasteiger partial charge in [-0.15, -0.1) is 5.10 Å². The SMILES string of the molecule is Cc1cc2c(NCc3cn(CC(=O)O)nn3)nccn2n1. The van der Waals surface area contributed by atoms with Gasteiger partial charge in [0.05, 0.1) is 18.4 Å². The highest BCUT2D eigenvalue weighted by molar-refractivity contribution is 5.67. The zero-order chi connectivity index (χ0) is 14.8. The Morgan fingerprint density at radius 2 is 2.33 bits per heavy atom. The molecule has 0 fully saturated rings. The third-order valence-electron chi connectivity index (χ3n) is 2.83. The maximum atomic E-state index is 10.6. The van der Waals surface area contributed by atoms with E-state index < -0.39 is 5.97 Å². The Morgan fingerprint density at radius 1 is 1.48 bits per heavy atom. The average Bonchev–Trinajstić information content (AvgIpc) is 3.01. The number of aromatic nitrogens is 6. The van der Waals surface area contributed by atoms with Crippen molar-refractivity contribution in [1.29, 1.82) is 0 Å². The molecule has 0 amide bonds. The normalized spacial score (nSPS) is 10.9. The number of anilines is 1. The number of hydrogen-bond donors (Lipinski definition) is 2. The van der Waals surface area contributed by atoms with E-state index in [2.05, 4.69) is 25.7 Å². The Labute approximate surface area is 119 Å². The van der Waals surface area contributed by atoms with Crippen LogP contribution in [-0.2, 0) is 17.9 Å². The summed E-state index contributed by atoms with van der Waals surface area (Å²) >= 11 is 0. The molecule has 0 bridgehead atoms. The van der Waals surface area contributed by atoms with Crippen LogP contribution in [0.1, 0.15) is 11.4 Å². The molecule has 0 spiro atoms. The molecule has 0 aliphatic rings. The fourth-order valence-electron chi connectivity index (χ4n) is 1.99. The minimum Gasteiger partial charge on any atom is -0.480 e. The van der Waals surface area contributed by atoms with Crippen molar-refractivity contribution >= 4 is 17.3 Å². The van der Waals surface area contributed by atoms with Crippen LogP contribution in [0, 0.1) is 6.92 Å². The fraction of sp³-hybridized carbons (Fsp3) is 0.250. The lowest BCUT2D eigenvalue weighted by Crippen LogP contribution is -2.09. The van der Waals surface area contributed by atoms with Gasteiger partial charge in [-0.1, -0.05) is 5.21 Å². The van der Waals surface area contributed by atoms with Crippen molar-refractivity contribution in [2.45, 2.75) is 20.0 Å². The first-order valence-electron chi connectivity index (χ1n) is 6.27. The number of hydrogen-bond acceptors (Lipinski definition) is 6. The molecule has 0 saturated heterocycles. The van der Waals surface area contributed by atoms with Crippen LogP contribution in [0.2, 0.25) is 0 Å². The quantitative estimate of drug-likeness (QED) is 0.695. The Hall–Kier alpha value is -2.97. The van der Waals surface area contributed by atoms with Crippen LogP contribution in [0.15, 0.2) is 24.7 Å². The summed E-state index contributed by atoms with van der Waals surface area (Å²) in [6, 6.07) is 1.93. The molecule has 108 valence electrons. The standard InChI is InChI=1S/C12H13N7O2/c1-8-4-10-12(13-2-3-19(10)16-8)14-5-9-6-18(17-15-9)7-11(20)21/h2-4,6H,5,7H2,1H3,(H,13,14)(H,20,21). The van der Waals surface area contributed by atoms with Crippen molar-refractivity contribution in [3.63, 3.8) is 0 Å². The number of nitrogens with one attached hydrogen (secondary N) is 1. The summed E-state index contributed by atoms with van der Waals surface area (Å²) in [6.45, 7) is 2.10. The van der Waals surface area contributed by atoms with Crippen LogP contribution in [0.5, 0.6) is 0 Å². The Morgan fingerprint density at radius 3 is 3.14 bits per heavy atom. The van der Waals surface area contributed by atoms with E-state index in [-0.39, 0.29) is 6.54 Å². The van der Waals surface area contributed by atoms with Crippen molar-refractivity contribution in [2.75, 3.05) is 5.32 Å². The Kier molecular flexibility index (Phi) is 3.22. The third-order valence-corrected chi connectivity index (χ3v) is 2.83. The van der Waals surface area contributed by atoms with E-state index in [4.69, 9.17) is 5.11 Å². The van der Waals surface area contributed by atoms with E-state index in [1.54, 1.807) is 23.1 Å².